The van der Waals surface area contributed by atoms with E-state index in [-0.39, 0.29) is 48.5 Å². The van der Waals surface area contributed by atoms with Gasteiger partial charge in [-0.1, -0.05) is 24.6 Å². The predicted octanol–water partition coefficient (Wildman–Crippen LogP) is 4.43. The number of amides is 3. The van der Waals surface area contributed by atoms with Gasteiger partial charge in [0, 0.05) is 25.0 Å². The number of benzene rings is 1. The van der Waals surface area contributed by atoms with Gasteiger partial charge < -0.3 is 15.5 Å². The maximum absolute atomic E-state index is 13.6. The number of aryl methyl sites for hydroxylation is 1. The van der Waals surface area contributed by atoms with E-state index in [1.807, 2.05) is 30.9 Å². The fourth-order valence-corrected chi connectivity index (χ4v) is 5.41. The molecule has 2 aliphatic heterocycles. The molecule has 8 heteroatoms. The van der Waals surface area contributed by atoms with Crippen molar-refractivity contribution in [1.29, 1.82) is 0 Å². The maximum atomic E-state index is 13.6. The highest BCUT2D eigenvalue weighted by Gasteiger charge is 2.52. The number of aromatic nitrogens is 1. The van der Waals surface area contributed by atoms with E-state index in [4.69, 9.17) is 0 Å². The van der Waals surface area contributed by atoms with Crippen LogP contribution in [0.5, 0.6) is 0 Å². The van der Waals surface area contributed by atoms with Crippen molar-refractivity contribution in [2.45, 2.75) is 82.8 Å². The Hall–Kier alpha value is -3.29. The zero-order chi connectivity index (χ0) is 25.0. The predicted molar refractivity (Wildman–Crippen MR) is 131 cm³/mol. The molecule has 1 aromatic carbocycles. The van der Waals surface area contributed by atoms with Gasteiger partial charge in [-0.2, -0.15) is 0 Å². The van der Waals surface area contributed by atoms with E-state index in [0.29, 0.717) is 25.1 Å². The Morgan fingerprint density at radius 2 is 1.94 bits per heavy atom. The van der Waals surface area contributed by atoms with Crippen LogP contribution in [-0.2, 0) is 14.4 Å². The molecular weight excluding hydrogens is 447 g/mol. The van der Waals surface area contributed by atoms with Crippen molar-refractivity contribution in [3.05, 3.63) is 59.5 Å². The van der Waals surface area contributed by atoms with Crippen molar-refractivity contribution in [2.24, 2.45) is 0 Å². The number of pyridine rings is 1. The number of nitrogens with zero attached hydrogens (tertiary/aromatic N) is 2. The Morgan fingerprint density at radius 3 is 2.69 bits per heavy atom. The topological polar surface area (TPSA) is 91.4 Å². The first-order valence-corrected chi connectivity index (χ1v) is 12.4. The zero-order valence-electron chi connectivity index (χ0n) is 20.4. The van der Waals surface area contributed by atoms with Crippen LogP contribution in [0.25, 0.3) is 0 Å². The van der Waals surface area contributed by atoms with Gasteiger partial charge in [-0.25, -0.2) is 9.37 Å². The molecule has 0 bridgehead atoms. The fourth-order valence-electron chi connectivity index (χ4n) is 5.41. The lowest BCUT2D eigenvalue weighted by molar-refractivity contribution is -0.136. The molecule has 0 radical (unpaired) electrons. The Bertz CT molecular complexity index is 1090. The van der Waals surface area contributed by atoms with Crippen LogP contribution in [0.3, 0.4) is 0 Å². The number of hydrogen-bond donors (Lipinski definition) is 2. The monoisotopic (exact) mass is 480 g/mol. The molecule has 186 valence electrons. The number of nitrogens with one attached hydrogen (secondary N) is 2. The Labute approximate surface area is 205 Å². The van der Waals surface area contributed by atoms with Gasteiger partial charge in [0.2, 0.25) is 17.7 Å². The number of carbonyl (C=O) groups is 3. The van der Waals surface area contributed by atoms with Gasteiger partial charge in [0.25, 0.3) is 0 Å². The average molecular weight is 481 g/mol. The lowest BCUT2D eigenvalue weighted by Crippen LogP contribution is -2.56. The summed E-state index contributed by atoms with van der Waals surface area (Å²) in [6, 6.07) is 11.2. The molecule has 2 aromatic rings. The number of carbonyl (C=O) groups excluding carboxylic acids is 3. The van der Waals surface area contributed by atoms with Crippen LogP contribution >= 0.6 is 0 Å². The molecular formula is C27H33FN4O3. The molecule has 2 aliphatic rings. The van der Waals surface area contributed by atoms with Gasteiger partial charge in [0.05, 0.1) is 17.6 Å². The van der Waals surface area contributed by atoms with Gasteiger partial charge in [-0.3, -0.25) is 14.4 Å². The average Bonchev–Trinajstić information content (AvgIpc) is 3.07. The largest absolute Gasteiger partial charge is 0.349 e. The molecule has 7 nitrogen and oxygen atoms in total. The summed E-state index contributed by atoms with van der Waals surface area (Å²) in [5.74, 6) is -0.0619. The summed E-state index contributed by atoms with van der Waals surface area (Å²) in [6.07, 6.45) is 4.32. The standard InChI is InChI=1S/C27H33FN4O3/c1-18-7-5-9-23(29-18)30-24(33)11-6-12-26(35)32-21(19-13-15-20(28)16-14-19)17-27(2)22(32)8-3-4-10-25(34)31-27/h5,7,9,13-16,21-22H,3-4,6,8,10-12,17H2,1-2H3,(H,31,34)(H,29,30,33)/t21-,22-,27-/m0/s1. The van der Waals surface area contributed by atoms with Gasteiger partial charge in [0.1, 0.15) is 11.6 Å². The molecule has 2 N–H and O–H groups in total. The fraction of sp³-hybridized carbons (Fsp3) is 0.481. The summed E-state index contributed by atoms with van der Waals surface area (Å²) >= 11 is 0. The molecule has 2 saturated heterocycles. The number of halogens is 1. The van der Waals surface area contributed by atoms with Crippen molar-refractivity contribution in [2.75, 3.05) is 5.32 Å². The van der Waals surface area contributed by atoms with Crippen molar-refractivity contribution < 1.29 is 18.8 Å². The van der Waals surface area contributed by atoms with E-state index in [1.165, 1.54) is 12.1 Å². The first-order valence-electron chi connectivity index (χ1n) is 12.4. The van der Waals surface area contributed by atoms with Crippen LogP contribution in [0.15, 0.2) is 42.5 Å². The first kappa shape index (κ1) is 24.8. The van der Waals surface area contributed by atoms with Crippen LogP contribution in [0.2, 0.25) is 0 Å². The van der Waals surface area contributed by atoms with Crippen LogP contribution in [0, 0.1) is 12.7 Å². The van der Waals surface area contributed by atoms with Crippen molar-refractivity contribution >= 4 is 23.5 Å². The Morgan fingerprint density at radius 1 is 1.17 bits per heavy atom. The summed E-state index contributed by atoms with van der Waals surface area (Å²) in [7, 11) is 0. The number of rotatable bonds is 6. The third-order valence-corrected chi connectivity index (χ3v) is 7.07. The van der Waals surface area contributed by atoms with Crippen molar-refractivity contribution in [3.8, 4) is 0 Å². The third-order valence-electron chi connectivity index (χ3n) is 7.07. The molecule has 0 unspecified atom stereocenters. The molecule has 3 amide bonds. The van der Waals surface area contributed by atoms with Crippen LogP contribution in [-0.4, -0.2) is 39.2 Å². The Balaban J connectivity index is 1.47. The normalized spacial score (nSPS) is 24.2. The summed E-state index contributed by atoms with van der Waals surface area (Å²) in [5, 5.41) is 5.96. The summed E-state index contributed by atoms with van der Waals surface area (Å²) in [4.78, 5) is 44.6. The van der Waals surface area contributed by atoms with Crippen molar-refractivity contribution in [3.63, 3.8) is 0 Å². The number of anilines is 1. The number of fused-ring (bicyclic) bond motifs is 1. The SMILES string of the molecule is Cc1cccc(NC(=O)CCCC(=O)N2[C@H]3CCCCC(=O)N[C@@]3(C)C[C@H]2c2ccc(F)cc2)n1. The summed E-state index contributed by atoms with van der Waals surface area (Å²) < 4.78 is 13.6. The molecule has 3 atom stereocenters. The van der Waals surface area contributed by atoms with Gasteiger partial charge in [-0.05, 0) is 69.4 Å². The second-order valence-electron chi connectivity index (χ2n) is 9.87. The Kier molecular flexibility index (Phi) is 7.48. The molecule has 2 fully saturated rings. The summed E-state index contributed by atoms with van der Waals surface area (Å²) in [5.41, 5.74) is 1.11. The zero-order valence-corrected chi connectivity index (χ0v) is 20.4. The number of hydrogen-bond acceptors (Lipinski definition) is 4. The minimum absolute atomic E-state index is 0.00536. The van der Waals surface area contributed by atoms with Gasteiger partial charge in [-0.15, -0.1) is 0 Å². The second-order valence-corrected chi connectivity index (χ2v) is 9.87. The lowest BCUT2D eigenvalue weighted by Gasteiger charge is -2.38. The van der Waals surface area contributed by atoms with E-state index in [0.717, 1.165) is 30.5 Å². The number of likely N-dealkylation sites (tertiary alicyclic amines) is 1. The second kappa shape index (κ2) is 10.5. The molecule has 1 aromatic heterocycles. The van der Waals surface area contributed by atoms with Gasteiger partial charge in [0.15, 0.2) is 0 Å². The van der Waals surface area contributed by atoms with Crippen molar-refractivity contribution in [1.82, 2.24) is 15.2 Å². The van der Waals surface area contributed by atoms with Crippen LogP contribution < -0.4 is 10.6 Å². The quantitative estimate of drug-likeness (QED) is 0.640. The molecule has 4 rings (SSSR count). The maximum Gasteiger partial charge on any atom is 0.225 e. The smallest absolute Gasteiger partial charge is 0.225 e. The summed E-state index contributed by atoms with van der Waals surface area (Å²) in [6.45, 7) is 3.86. The highest BCUT2D eigenvalue weighted by atomic mass is 19.1. The lowest BCUT2D eigenvalue weighted by atomic mass is 9.85. The van der Waals surface area contributed by atoms with E-state index in [2.05, 4.69) is 15.6 Å². The van der Waals surface area contributed by atoms with Gasteiger partial charge >= 0.3 is 0 Å². The molecule has 0 aliphatic carbocycles. The van der Waals surface area contributed by atoms with E-state index >= 15 is 0 Å². The molecule has 0 spiro atoms. The van der Waals surface area contributed by atoms with Crippen LogP contribution in [0.1, 0.15) is 75.6 Å². The van der Waals surface area contributed by atoms with E-state index < -0.39 is 5.54 Å². The third kappa shape index (κ3) is 5.86. The highest BCUT2D eigenvalue weighted by molar-refractivity contribution is 5.90. The molecule has 35 heavy (non-hydrogen) atoms. The van der Waals surface area contributed by atoms with E-state index in [1.54, 1.807) is 18.2 Å². The minimum Gasteiger partial charge on any atom is -0.349 e. The van der Waals surface area contributed by atoms with E-state index in [9.17, 15) is 18.8 Å². The first-order chi connectivity index (χ1) is 16.7. The minimum atomic E-state index is -0.555. The highest BCUT2D eigenvalue weighted by Crippen LogP contribution is 2.45. The molecule has 3 heterocycles. The molecule has 0 saturated carbocycles. The van der Waals surface area contributed by atoms with Crippen LogP contribution in [0.4, 0.5) is 10.2 Å².